The minimum Gasteiger partial charge on any atom is -0.353 e. The van der Waals surface area contributed by atoms with Crippen molar-refractivity contribution in [1.29, 1.82) is 0 Å². The van der Waals surface area contributed by atoms with Gasteiger partial charge in [-0.2, -0.15) is 0 Å². The Balaban J connectivity index is 1.72. The number of hydrogen-bond donors (Lipinski definition) is 1. The van der Waals surface area contributed by atoms with Gasteiger partial charge >= 0.3 is 0 Å². The van der Waals surface area contributed by atoms with E-state index in [1.807, 2.05) is 6.07 Å². The molecule has 4 atom stereocenters. The van der Waals surface area contributed by atoms with E-state index in [1.165, 1.54) is 5.56 Å². The minimum absolute atomic E-state index is 0.0158. The molecule has 0 saturated heterocycles. The molecule has 4 aliphatic rings. The van der Waals surface area contributed by atoms with Crippen molar-refractivity contribution >= 4 is 5.91 Å². The summed E-state index contributed by atoms with van der Waals surface area (Å²) in [7, 11) is 0. The van der Waals surface area contributed by atoms with Crippen LogP contribution >= 0.6 is 0 Å². The second kappa shape index (κ2) is 6.35. The highest BCUT2D eigenvalue weighted by Crippen LogP contribution is 2.70. The molecule has 2 unspecified atom stereocenters. The standard InChI is InChI=1S/C23H32FNO/c1-3-19(4-2)25-20(26)23-12-17-10-21(14-23,16-24)13-22(11-17,15-23)18-8-6-5-7-9-18/h5-9,17,19H,3-4,10-16H2,1-2H3,(H,25,26)/t17?,21-,22+,23?/m0/s1. The quantitative estimate of drug-likeness (QED) is 0.748. The maximum Gasteiger partial charge on any atom is 0.226 e. The zero-order valence-electron chi connectivity index (χ0n) is 16.2. The van der Waals surface area contributed by atoms with Crippen LogP contribution in [0.25, 0.3) is 0 Å². The maximum absolute atomic E-state index is 14.3. The van der Waals surface area contributed by atoms with E-state index >= 15 is 0 Å². The highest BCUT2D eigenvalue weighted by molar-refractivity contribution is 5.84. The molecule has 0 aromatic heterocycles. The van der Waals surface area contributed by atoms with Crippen molar-refractivity contribution in [2.24, 2.45) is 16.7 Å². The first-order chi connectivity index (χ1) is 12.5. The van der Waals surface area contributed by atoms with Crippen LogP contribution in [-0.4, -0.2) is 18.6 Å². The number of hydrogen-bond acceptors (Lipinski definition) is 1. The normalized spacial score (nSPS) is 37.9. The van der Waals surface area contributed by atoms with Gasteiger partial charge in [0.1, 0.15) is 0 Å². The van der Waals surface area contributed by atoms with E-state index in [0.29, 0.717) is 5.92 Å². The third kappa shape index (κ3) is 2.70. The van der Waals surface area contributed by atoms with Crippen LogP contribution in [0.1, 0.15) is 70.8 Å². The van der Waals surface area contributed by atoms with Crippen LogP contribution in [0.4, 0.5) is 4.39 Å². The molecule has 0 spiro atoms. The summed E-state index contributed by atoms with van der Waals surface area (Å²) in [5.74, 6) is 0.683. The molecule has 26 heavy (non-hydrogen) atoms. The Labute approximate surface area is 156 Å². The van der Waals surface area contributed by atoms with Crippen molar-refractivity contribution in [2.45, 2.75) is 76.7 Å². The number of halogens is 1. The van der Waals surface area contributed by atoms with Gasteiger partial charge in [-0.25, -0.2) is 0 Å². The molecular formula is C23H32FNO. The van der Waals surface area contributed by atoms with Gasteiger partial charge in [0.2, 0.25) is 5.91 Å². The van der Waals surface area contributed by atoms with Crippen LogP contribution in [0.15, 0.2) is 30.3 Å². The lowest BCUT2D eigenvalue weighted by atomic mass is 9.38. The van der Waals surface area contributed by atoms with Crippen LogP contribution in [0, 0.1) is 16.7 Å². The monoisotopic (exact) mass is 357 g/mol. The summed E-state index contributed by atoms with van der Waals surface area (Å²) in [6.45, 7) is 3.98. The third-order valence-electron chi connectivity index (χ3n) is 7.66. The largest absolute Gasteiger partial charge is 0.353 e. The van der Waals surface area contributed by atoms with Crippen LogP contribution in [0.5, 0.6) is 0 Å². The summed E-state index contributed by atoms with van der Waals surface area (Å²) in [5, 5.41) is 3.32. The molecule has 3 heteroatoms. The number of amides is 1. The van der Waals surface area contributed by atoms with Crippen molar-refractivity contribution in [3.63, 3.8) is 0 Å². The second-order valence-corrected chi connectivity index (χ2v) is 9.56. The van der Waals surface area contributed by atoms with Gasteiger partial charge in [-0.15, -0.1) is 0 Å². The lowest BCUT2D eigenvalue weighted by Gasteiger charge is -2.65. The SMILES string of the molecule is CCC(CC)NC(=O)C12CC3C[C@@](CF)(C1)C[C@](c1ccccc1)(C3)C2. The summed E-state index contributed by atoms with van der Waals surface area (Å²) in [6.07, 6.45) is 7.52. The molecule has 142 valence electrons. The van der Waals surface area contributed by atoms with Crippen molar-refractivity contribution in [3.8, 4) is 0 Å². The highest BCUT2D eigenvalue weighted by Gasteiger charge is 2.66. The zero-order valence-corrected chi connectivity index (χ0v) is 16.2. The average molecular weight is 358 g/mol. The fourth-order valence-corrected chi connectivity index (χ4v) is 6.99. The van der Waals surface area contributed by atoms with Crippen molar-refractivity contribution in [1.82, 2.24) is 5.32 Å². The number of rotatable bonds is 6. The number of carbonyl (C=O) groups excluding carboxylic acids is 1. The van der Waals surface area contributed by atoms with Gasteiger partial charge in [0.15, 0.2) is 0 Å². The smallest absolute Gasteiger partial charge is 0.226 e. The number of carbonyl (C=O) groups is 1. The number of alkyl halides is 1. The Bertz CT molecular complexity index is 672. The van der Waals surface area contributed by atoms with E-state index in [9.17, 15) is 9.18 Å². The molecular weight excluding hydrogens is 325 g/mol. The summed E-state index contributed by atoms with van der Waals surface area (Å²) in [4.78, 5) is 13.4. The molecule has 2 nitrogen and oxygen atoms in total. The zero-order chi connectivity index (χ0) is 18.4. The third-order valence-corrected chi connectivity index (χ3v) is 7.66. The van der Waals surface area contributed by atoms with E-state index in [1.54, 1.807) is 0 Å². The maximum atomic E-state index is 14.3. The molecule has 0 radical (unpaired) electrons. The second-order valence-electron chi connectivity index (χ2n) is 9.56. The van der Waals surface area contributed by atoms with E-state index in [2.05, 4.69) is 43.4 Å². The summed E-state index contributed by atoms with van der Waals surface area (Å²) in [5.41, 5.74) is 0.643. The first-order valence-corrected chi connectivity index (χ1v) is 10.4. The van der Waals surface area contributed by atoms with Gasteiger partial charge in [0, 0.05) is 11.5 Å². The van der Waals surface area contributed by atoms with Crippen LogP contribution in [-0.2, 0) is 10.2 Å². The molecule has 4 fully saturated rings. The van der Waals surface area contributed by atoms with Gasteiger partial charge in [-0.1, -0.05) is 44.2 Å². The highest BCUT2D eigenvalue weighted by atomic mass is 19.1. The lowest BCUT2D eigenvalue weighted by molar-refractivity contribution is -0.165. The molecule has 4 saturated carbocycles. The lowest BCUT2D eigenvalue weighted by Crippen LogP contribution is -2.63. The van der Waals surface area contributed by atoms with E-state index < -0.39 is 0 Å². The van der Waals surface area contributed by atoms with Crippen LogP contribution in [0.2, 0.25) is 0 Å². The van der Waals surface area contributed by atoms with E-state index in [0.717, 1.165) is 51.4 Å². The summed E-state index contributed by atoms with van der Waals surface area (Å²) < 4.78 is 14.3. The molecule has 0 heterocycles. The topological polar surface area (TPSA) is 29.1 Å². The molecule has 1 aromatic rings. The molecule has 1 amide bonds. The molecule has 4 bridgehead atoms. The predicted molar refractivity (Wildman–Crippen MR) is 103 cm³/mol. The molecule has 0 aliphatic heterocycles. The molecule has 1 N–H and O–H groups in total. The van der Waals surface area contributed by atoms with Crippen molar-refractivity contribution in [3.05, 3.63) is 35.9 Å². The Kier molecular flexibility index (Phi) is 4.40. The Morgan fingerprint density at radius 1 is 1.12 bits per heavy atom. The van der Waals surface area contributed by atoms with Gasteiger partial charge in [-0.3, -0.25) is 9.18 Å². The first kappa shape index (κ1) is 18.0. The van der Waals surface area contributed by atoms with Crippen molar-refractivity contribution < 1.29 is 9.18 Å². The van der Waals surface area contributed by atoms with E-state index in [4.69, 9.17) is 0 Å². The van der Waals surface area contributed by atoms with E-state index in [-0.39, 0.29) is 34.9 Å². The summed E-state index contributed by atoms with van der Waals surface area (Å²) in [6, 6.07) is 10.9. The summed E-state index contributed by atoms with van der Waals surface area (Å²) >= 11 is 0. The fraction of sp³-hybridized carbons (Fsp3) is 0.696. The van der Waals surface area contributed by atoms with Crippen LogP contribution < -0.4 is 5.32 Å². The fourth-order valence-electron chi connectivity index (χ4n) is 6.99. The first-order valence-electron chi connectivity index (χ1n) is 10.4. The average Bonchev–Trinajstić information content (AvgIpc) is 2.65. The Hall–Kier alpha value is -1.38. The van der Waals surface area contributed by atoms with Crippen LogP contribution in [0.3, 0.4) is 0 Å². The predicted octanol–water partition coefficient (Wildman–Crippen LogP) is 5.17. The van der Waals surface area contributed by atoms with Gasteiger partial charge in [0.25, 0.3) is 0 Å². The van der Waals surface area contributed by atoms with Crippen molar-refractivity contribution in [2.75, 3.05) is 6.67 Å². The van der Waals surface area contributed by atoms with Gasteiger partial charge in [-0.05, 0) is 68.3 Å². The molecule has 5 rings (SSSR count). The minimum atomic E-state index is -0.371. The Morgan fingerprint density at radius 3 is 2.50 bits per heavy atom. The Morgan fingerprint density at radius 2 is 1.85 bits per heavy atom. The molecule has 4 aliphatic carbocycles. The van der Waals surface area contributed by atoms with Gasteiger partial charge in [0.05, 0.1) is 12.1 Å². The van der Waals surface area contributed by atoms with Gasteiger partial charge < -0.3 is 5.32 Å². The number of nitrogens with one attached hydrogen (secondary N) is 1. The number of benzene rings is 1. The molecule has 1 aromatic carbocycles.